The van der Waals surface area contributed by atoms with Crippen molar-refractivity contribution in [2.45, 2.75) is 52.4 Å². The Morgan fingerprint density at radius 2 is 0.847 bits per heavy atom. The van der Waals surface area contributed by atoms with E-state index in [1.807, 2.05) is 0 Å². The van der Waals surface area contributed by atoms with E-state index in [2.05, 4.69) is 250 Å². The third kappa shape index (κ3) is 5.92. The van der Waals surface area contributed by atoms with E-state index < -0.39 is 6.28 Å². The van der Waals surface area contributed by atoms with Crippen molar-refractivity contribution in [2.24, 2.45) is 0 Å². The first kappa shape index (κ1) is 36.7. The number of pyridine rings is 1. The Bertz CT molecular complexity index is 2810. The standard InChI is InChI=1S/C55H50BN3/c1-54(2,3)43-36-44(55(4,5)6)38-47(37-43)58-50-26-17-16-25-48(50)56(45-23-14-9-15-24-45)49-35-42(40-21-12-8-13-22-40)31-34-51(49)57(52-27-18-28-53(58)59(52)56)46-32-29-41(30-33-46)39-19-10-7-11-20-39/h7-38H,1-6H3. The normalized spacial score (nSPS) is 15.6. The second kappa shape index (κ2) is 13.7. The molecule has 1 atom stereocenters. The van der Waals surface area contributed by atoms with Crippen LogP contribution in [0.15, 0.2) is 194 Å². The van der Waals surface area contributed by atoms with Crippen molar-refractivity contribution >= 4 is 57.1 Å². The maximum atomic E-state index is 2.69. The lowest BCUT2D eigenvalue weighted by Crippen LogP contribution is -2.89. The zero-order valence-corrected chi connectivity index (χ0v) is 34.9. The Morgan fingerprint density at radius 1 is 0.373 bits per heavy atom. The molecule has 0 radical (unpaired) electrons. The lowest BCUT2D eigenvalue weighted by molar-refractivity contribution is -0.512. The number of anilines is 6. The third-order valence-corrected chi connectivity index (χ3v) is 12.7. The van der Waals surface area contributed by atoms with Gasteiger partial charge >= 0.3 is 0 Å². The molecule has 2 aliphatic rings. The van der Waals surface area contributed by atoms with Crippen molar-refractivity contribution in [1.82, 2.24) is 0 Å². The second-order valence-electron chi connectivity index (χ2n) is 18.4. The summed E-state index contributed by atoms with van der Waals surface area (Å²) in [6, 6.07) is 72.4. The average Bonchev–Trinajstić information content (AvgIpc) is 3.26. The summed E-state index contributed by atoms with van der Waals surface area (Å²) in [6.07, 6.45) is -1.79. The Hall–Kier alpha value is -6.65. The molecule has 1 unspecified atom stereocenters. The SMILES string of the molecule is CC(C)(C)c1cc(N2c3ccccc3[B-]3(c4ccccc4)c4cc(-c5ccccc5)ccc4N(c4ccc(-c5ccccc5)cc4)c4cccc2[n+]43)cc(C(C)(C)C)c1. The Morgan fingerprint density at radius 3 is 1.44 bits per heavy atom. The number of rotatable bonds is 5. The zero-order valence-electron chi connectivity index (χ0n) is 34.9. The molecule has 4 heteroatoms. The van der Waals surface area contributed by atoms with Gasteiger partial charge in [-0.3, -0.25) is 0 Å². The molecule has 0 saturated heterocycles. The van der Waals surface area contributed by atoms with Gasteiger partial charge < -0.3 is 4.48 Å². The predicted molar refractivity (Wildman–Crippen MR) is 251 cm³/mol. The molecular formula is C55H50BN3. The smallest absolute Gasteiger partial charge is 0.250 e. The average molecular weight is 764 g/mol. The first-order valence-corrected chi connectivity index (χ1v) is 21.0. The maximum absolute atomic E-state index is 2.69. The summed E-state index contributed by atoms with van der Waals surface area (Å²) in [6.45, 7) is 14.0. The number of para-hydroxylation sites is 1. The maximum Gasteiger partial charge on any atom is 0.250 e. The molecule has 0 fully saturated rings. The minimum absolute atomic E-state index is 0.0399. The van der Waals surface area contributed by atoms with Crippen LogP contribution in [0.2, 0.25) is 0 Å². The first-order chi connectivity index (χ1) is 28.5. The topological polar surface area (TPSA) is 10.4 Å². The van der Waals surface area contributed by atoms with Gasteiger partial charge in [0.05, 0.1) is 11.4 Å². The van der Waals surface area contributed by atoms with Gasteiger partial charge in [-0.05, 0) is 86.7 Å². The van der Waals surface area contributed by atoms with Gasteiger partial charge in [0.15, 0.2) is 11.6 Å². The highest BCUT2D eigenvalue weighted by molar-refractivity contribution is 7.07. The van der Waals surface area contributed by atoms with Crippen molar-refractivity contribution in [3.63, 3.8) is 0 Å². The van der Waals surface area contributed by atoms with Gasteiger partial charge in [0.1, 0.15) is 11.4 Å². The molecule has 0 bridgehead atoms. The lowest BCUT2D eigenvalue weighted by atomic mass is 9.22. The van der Waals surface area contributed by atoms with Crippen molar-refractivity contribution in [2.75, 3.05) is 9.80 Å². The fourth-order valence-electron chi connectivity index (χ4n) is 9.72. The molecule has 2 aliphatic heterocycles. The van der Waals surface area contributed by atoms with Crippen LogP contribution < -0.4 is 30.7 Å². The quantitative estimate of drug-likeness (QED) is 0.162. The van der Waals surface area contributed by atoms with E-state index in [4.69, 9.17) is 0 Å². The number of nitrogens with zero attached hydrogens (tertiary/aromatic N) is 3. The summed E-state index contributed by atoms with van der Waals surface area (Å²) < 4.78 is 2.69. The van der Waals surface area contributed by atoms with Gasteiger partial charge in [-0.1, -0.05) is 181 Å². The molecule has 1 aromatic heterocycles. The minimum atomic E-state index is -1.79. The van der Waals surface area contributed by atoms with Crippen molar-refractivity contribution in [3.8, 4) is 22.3 Å². The number of benzene rings is 7. The van der Waals surface area contributed by atoms with E-state index >= 15 is 0 Å². The van der Waals surface area contributed by atoms with Gasteiger partial charge in [0.2, 0.25) is 6.28 Å². The van der Waals surface area contributed by atoms with Gasteiger partial charge in [0.25, 0.3) is 0 Å². The van der Waals surface area contributed by atoms with Crippen LogP contribution in [0, 0.1) is 0 Å². The van der Waals surface area contributed by atoms with E-state index in [0.717, 1.165) is 17.3 Å². The molecule has 0 aliphatic carbocycles. The van der Waals surface area contributed by atoms with E-state index in [1.165, 1.54) is 66.8 Å². The predicted octanol–water partition coefficient (Wildman–Crippen LogP) is 12.0. The molecule has 0 spiro atoms. The molecular weight excluding hydrogens is 713 g/mol. The zero-order chi connectivity index (χ0) is 40.5. The molecule has 3 heterocycles. The minimum Gasteiger partial charge on any atom is -0.410 e. The highest BCUT2D eigenvalue weighted by atomic mass is 15.3. The Kier molecular flexibility index (Phi) is 8.54. The summed E-state index contributed by atoms with van der Waals surface area (Å²) in [5, 5.41) is 0. The van der Waals surface area contributed by atoms with Gasteiger partial charge in [-0.2, -0.15) is 5.46 Å². The van der Waals surface area contributed by atoms with Crippen LogP contribution in [0.3, 0.4) is 0 Å². The summed E-state index contributed by atoms with van der Waals surface area (Å²) in [5.74, 6) is 2.26. The summed E-state index contributed by atoms with van der Waals surface area (Å²) in [7, 11) is 0. The fraction of sp³-hybridized carbons (Fsp3) is 0.145. The molecule has 0 saturated carbocycles. The summed E-state index contributed by atoms with van der Waals surface area (Å²) in [4.78, 5) is 5.03. The number of aromatic nitrogens is 1. The van der Waals surface area contributed by atoms with E-state index in [-0.39, 0.29) is 10.8 Å². The van der Waals surface area contributed by atoms with Crippen molar-refractivity contribution in [1.29, 1.82) is 0 Å². The van der Waals surface area contributed by atoms with Crippen LogP contribution in [-0.2, 0) is 10.8 Å². The van der Waals surface area contributed by atoms with Gasteiger partial charge in [0, 0.05) is 12.1 Å². The molecule has 288 valence electrons. The van der Waals surface area contributed by atoms with Crippen LogP contribution in [-0.4, -0.2) is 6.28 Å². The van der Waals surface area contributed by atoms with Crippen LogP contribution in [0.1, 0.15) is 52.7 Å². The van der Waals surface area contributed by atoms with Crippen molar-refractivity contribution < 1.29 is 4.48 Å². The van der Waals surface area contributed by atoms with Gasteiger partial charge in [-0.15, -0.1) is 10.9 Å². The van der Waals surface area contributed by atoms with Crippen LogP contribution in [0.25, 0.3) is 22.3 Å². The van der Waals surface area contributed by atoms with E-state index in [9.17, 15) is 0 Å². The lowest BCUT2D eigenvalue weighted by Gasteiger charge is -2.54. The second-order valence-corrected chi connectivity index (χ2v) is 18.4. The van der Waals surface area contributed by atoms with E-state index in [0.29, 0.717) is 0 Å². The van der Waals surface area contributed by atoms with Gasteiger partial charge in [-0.25, -0.2) is 9.80 Å². The summed E-state index contributed by atoms with van der Waals surface area (Å²) >= 11 is 0. The first-order valence-electron chi connectivity index (χ1n) is 21.0. The monoisotopic (exact) mass is 763 g/mol. The largest absolute Gasteiger partial charge is 0.410 e. The molecule has 10 rings (SSSR count). The number of hydrogen-bond acceptors (Lipinski definition) is 2. The highest BCUT2D eigenvalue weighted by Crippen LogP contribution is 2.45. The Balaban J connectivity index is 1.32. The molecule has 3 nitrogen and oxygen atoms in total. The number of hydrogen-bond donors (Lipinski definition) is 0. The molecule has 8 aromatic rings. The molecule has 0 amide bonds. The molecule has 59 heavy (non-hydrogen) atoms. The van der Waals surface area contributed by atoms with Crippen LogP contribution in [0.5, 0.6) is 0 Å². The Labute approximate surface area is 349 Å². The van der Waals surface area contributed by atoms with Crippen molar-refractivity contribution in [3.05, 3.63) is 205 Å². The highest BCUT2D eigenvalue weighted by Gasteiger charge is 2.52. The third-order valence-electron chi connectivity index (χ3n) is 12.7. The van der Waals surface area contributed by atoms with Crippen LogP contribution in [0.4, 0.5) is 34.4 Å². The number of fused-ring (bicyclic) bond motifs is 4. The van der Waals surface area contributed by atoms with Crippen LogP contribution >= 0.6 is 0 Å². The molecule has 7 aromatic carbocycles. The van der Waals surface area contributed by atoms with E-state index in [1.54, 1.807) is 0 Å². The summed E-state index contributed by atoms with van der Waals surface area (Å²) in [5.41, 5.74) is 16.0. The fourth-order valence-corrected chi connectivity index (χ4v) is 9.72. The molecule has 0 N–H and O–H groups in total.